The quantitative estimate of drug-likeness (QED) is 0.839. The molecule has 0 bridgehead atoms. The van der Waals surface area contributed by atoms with Crippen LogP contribution >= 0.6 is 0 Å². The van der Waals surface area contributed by atoms with Crippen LogP contribution in [0.4, 0.5) is 5.69 Å². The van der Waals surface area contributed by atoms with Gasteiger partial charge in [0.2, 0.25) is 0 Å². The van der Waals surface area contributed by atoms with Crippen molar-refractivity contribution in [3.63, 3.8) is 0 Å². The van der Waals surface area contributed by atoms with Crippen molar-refractivity contribution in [1.82, 2.24) is 5.32 Å². The van der Waals surface area contributed by atoms with Crippen molar-refractivity contribution in [3.8, 4) is 0 Å². The Bertz CT molecular complexity index is 569. The van der Waals surface area contributed by atoms with Gasteiger partial charge in [0.25, 0.3) is 0 Å². The van der Waals surface area contributed by atoms with E-state index in [1.807, 2.05) is 0 Å². The molecule has 1 aromatic heterocycles. The van der Waals surface area contributed by atoms with Gasteiger partial charge in [-0.15, -0.1) is 0 Å². The van der Waals surface area contributed by atoms with Crippen LogP contribution in [0.1, 0.15) is 36.7 Å². The monoisotopic (exact) mass is 284 g/mol. The third-order valence-electron chi connectivity index (χ3n) is 4.16. The number of anilines is 1. The molecule has 1 aromatic carbocycles. The van der Waals surface area contributed by atoms with Gasteiger partial charge < -0.3 is 14.6 Å². The van der Waals surface area contributed by atoms with Gasteiger partial charge in [0.05, 0.1) is 12.8 Å². The summed E-state index contributed by atoms with van der Waals surface area (Å²) in [5.74, 6) is 1.07. The lowest BCUT2D eigenvalue weighted by Crippen LogP contribution is -2.19. The molecule has 1 saturated carbocycles. The van der Waals surface area contributed by atoms with E-state index in [4.69, 9.17) is 4.42 Å². The summed E-state index contributed by atoms with van der Waals surface area (Å²) < 4.78 is 5.63. The summed E-state index contributed by atoms with van der Waals surface area (Å²) >= 11 is 0. The lowest BCUT2D eigenvalue weighted by molar-refractivity contribution is 0.477. The highest BCUT2D eigenvalue weighted by atomic mass is 16.3. The van der Waals surface area contributed by atoms with Gasteiger partial charge >= 0.3 is 0 Å². The standard InChI is InChI=1S/C18H24N2O/c1-3-14-4-8-17(9-5-14)20(2)13-15-10-11-21-18(15)12-19-16-6-7-16/h4-5,8-11,16,19H,3,6-7,12-13H2,1-2H3. The van der Waals surface area contributed by atoms with Crippen LogP contribution in [-0.4, -0.2) is 13.1 Å². The second kappa shape index (κ2) is 6.35. The van der Waals surface area contributed by atoms with Crippen LogP contribution in [0.3, 0.4) is 0 Å². The smallest absolute Gasteiger partial charge is 0.122 e. The van der Waals surface area contributed by atoms with Crippen molar-refractivity contribution < 1.29 is 4.42 Å². The largest absolute Gasteiger partial charge is 0.468 e. The highest BCUT2D eigenvalue weighted by Crippen LogP contribution is 2.22. The predicted molar refractivity (Wildman–Crippen MR) is 86.5 cm³/mol. The third-order valence-corrected chi connectivity index (χ3v) is 4.16. The van der Waals surface area contributed by atoms with Crippen LogP contribution < -0.4 is 10.2 Å². The molecule has 3 rings (SSSR count). The van der Waals surface area contributed by atoms with Crippen LogP contribution in [-0.2, 0) is 19.5 Å². The molecule has 1 fully saturated rings. The summed E-state index contributed by atoms with van der Waals surface area (Å²) in [7, 11) is 2.13. The summed E-state index contributed by atoms with van der Waals surface area (Å²) in [6, 6.07) is 11.6. The molecule has 3 nitrogen and oxygen atoms in total. The number of nitrogens with one attached hydrogen (secondary N) is 1. The van der Waals surface area contributed by atoms with Crippen LogP contribution in [0.15, 0.2) is 41.0 Å². The zero-order valence-electron chi connectivity index (χ0n) is 12.9. The molecule has 3 heteroatoms. The van der Waals surface area contributed by atoms with Crippen LogP contribution in [0.2, 0.25) is 0 Å². The maximum Gasteiger partial charge on any atom is 0.122 e. The Morgan fingerprint density at radius 2 is 1.95 bits per heavy atom. The Morgan fingerprint density at radius 3 is 2.62 bits per heavy atom. The fraction of sp³-hybridized carbons (Fsp3) is 0.444. The molecular formula is C18H24N2O. The fourth-order valence-corrected chi connectivity index (χ4v) is 2.52. The van der Waals surface area contributed by atoms with Crippen molar-refractivity contribution in [3.05, 3.63) is 53.5 Å². The van der Waals surface area contributed by atoms with Gasteiger partial charge in [0, 0.05) is 30.9 Å². The van der Waals surface area contributed by atoms with E-state index in [0.717, 1.165) is 25.3 Å². The Morgan fingerprint density at radius 1 is 1.19 bits per heavy atom. The van der Waals surface area contributed by atoms with Gasteiger partial charge in [-0.05, 0) is 43.0 Å². The van der Waals surface area contributed by atoms with E-state index in [1.54, 1.807) is 6.26 Å². The molecule has 0 radical (unpaired) electrons. The van der Waals surface area contributed by atoms with Crippen molar-refractivity contribution in [2.75, 3.05) is 11.9 Å². The first kappa shape index (κ1) is 14.2. The Balaban J connectivity index is 1.62. The van der Waals surface area contributed by atoms with E-state index in [0.29, 0.717) is 6.04 Å². The predicted octanol–water partition coefficient (Wildman–Crippen LogP) is 3.73. The fourth-order valence-electron chi connectivity index (χ4n) is 2.52. The molecular weight excluding hydrogens is 260 g/mol. The summed E-state index contributed by atoms with van der Waals surface area (Å²) in [6.07, 6.45) is 5.50. The number of nitrogens with zero attached hydrogens (tertiary/aromatic N) is 1. The number of hydrogen-bond donors (Lipinski definition) is 1. The van der Waals surface area contributed by atoms with Gasteiger partial charge in [-0.25, -0.2) is 0 Å². The van der Waals surface area contributed by atoms with Crippen LogP contribution in [0.25, 0.3) is 0 Å². The molecule has 0 saturated heterocycles. The summed E-state index contributed by atoms with van der Waals surface area (Å²) in [4.78, 5) is 2.27. The molecule has 0 aliphatic heterocycles. The first-order valence-electron chi connectivity index (χ1n) is 7.85. The van der Waals surface area contributed by atoms with Gasteiger partial charge in [0.1, 0.15) is 5.76 Å². The molecule has 0 unspecified atom stereocenters. The van der Waals surface area contributed by atoms with Crippen LogP contribution in [0.5, 0.6) is 0 Å². The van der Waals surface area contributed by atoms with Gasteiger partial charge in [-0.3, -0.25) is 0 Å². The number of benzene rings is 1. The number of rotatable bonds is 7. The van der Waals surface area contributed by atoms with Gasteiger partial charge in [0.15, 0.2) is 0 Å². The minimum Gasteiger partial charge on any atom is -0.468 e. The van der Waals surface area contributed by atoms with E-state index in [2.05, 4.69) is 54.5 Å². The Labute approximate surface area is 127 Å². The molecule has 21 heavy (non-hydrogen) atoms. The molecule has 1 aliphatic rings. The van der Waals surface area contributed by atoms with E-state index in [1.165, 1.54) is 29.7 Å². The summed E-state index contributed by atoms with van der Waals surface area (Å²) in [6.45, 7) is 3.91. The first-order valence-corrected chi connectivity index (χ1v) is 7.85. The minimum atomic E-state index is 0.710. The lowest BCUT2D eigenvalue weighted by Gasteiger charge is -2.19. The normalized spacial score (nSPS) is 14.4. The summed E-state index contributed by atoms with van der Waals surface area (Å²) in [5.41, 5.74) is 3.89. The molecule has 2 aromatic rings. The Kier molecular flexibility index (Phi) is 4.30. The molecule has 1 heterocycles. The second-order valence-corrected chi connectivity index (χ2v) is 5.90. The molecule has 0 amide bonds. The van der Waals surface area contributed by atoms with Gasteiger partial charge in [-0.1, -0.05) is 19.1 Å². The molecule has 0 spiro atoms. The zero-order chi connectivity index (χ0) is 14.7. The van der Waals surface area contributed by atoms with E-state index in [9.17, 15) is 0 Å². The highest BCUT2D eigenvalue weighted by molar-refractivity contribution is 5.47. The molecule has 1 aliphatic carbocycles. The van der Waals surface area contributed by atoms with Crippen molar-refractivity contribution in [1.29, 1.82) is 0 Å². The maximum atomic E-state index is 5.63. The SMILES string of the molecule is CCc1ccc(N(C)Cc2ccoc2CNC2CC2)cc1. The molecule has 112 valence electrons. The topological polar surface area (TPSA) is 28.4 Å². The van der Waals surface area contributed by atoms with Gasteiger partial charge in [-0.2, -0.15) is 0 Å². The highest BCUT2D eigenvalue weighted by Gasteiger charge is 2.21. The maximum absolute atomic E-state index is 5.63. The number of furan rings is 1. The van der Waals surface area contributed by atoms with E-state index in [-0.39, 0.29) is 0 Å². The second-order valence-electron chi connectivity index (χ2n) is 5.90. The van der Waals surface area contributed by atoms with Crippen molar-refractivity contribution in [2.24, 2.45) is 0 Å². The molecule has 0 atom stereocenters. The summed E-state index contributed by atoms with van der Waals surface area (Å²) in [5, 5.41) is 3.52. The van der Waals surface area contributed by atoms with E-state index < -0.39 is 0 Å². The lowest BCUT2D eigenvalue weighted by atomic mass is 10.1. The molecule has 1 N–H and O–H groups in total. The zero-order valence-corrected chi connectivity index (χ0v) is 12.9. The van der Waals surface area contributed by atoms with Crippen molar-refractivity contribution >= 4 is 5.69 Å². The minimum absolute atomic E-state index is 0.710. The third kappa shape index (κ3) is 3.67. The average Bonchev–Trinajstić information content (AvgIpc) is 3.25. The Hall–Kier alpha value is -1.74. The first-order chi connectivity index (χ1) is 10.3. The average molecular weight is 284 g/mol. The van der Waals surface area contributed by atoms with Crippen molar-refractivity contribution in [2.45, 2.75) is 45.3 Å². The number of hydrogen-bond acceptors (Lipinski definition) is 3. The van der Waals surface area contributed by atoms with E-state index >= 15 is 0 Å². The number of aryl methyl sites for hydroxylation is 1. The van der Waals surface area contributed by atoms with Crippen LogP contribution in [0, 0.1) is 0 Å².